The monoisotopic (exact) mass is 455 g/mol. The molecule has 2 rings (SSSR count). The number of halogens is 8. The lowest BCUT2D eigenvalue weighted by Crippen LogP contribution is -2.41. The Balaban J connectivity index is 0.00000338. The van der Waals surface area contributed by atoms with Crippen molar-refractivity contribution in [2.45, 2.75) is 12.1 Å². The van der Waals surface area contributed by atoms with Crippen molar-refractivity contribution in [1.29, 1.82) is 0 Å². The van der Waals surface area contributed by atoms with Gasteiger partial charge in [0, 0.05) is 6.20 Å². The third-order valence-electron chi connectivity index (χ3n) is 3.03. The summed E-state index contributed by atoms with van der Waals surface area (Å²) in [4.78, 5) is 15.6. The normalized spacial score (nSPS) is 11.4. The van der Waals surface area contributed by atoms with Gasteiger partial charge in [0.1, 0.15) is 0 Å². The molecule has 0 fully saturated rings. The minimum absolute atomic E-state index is 0. The van der Waals surface area contributed by atoms with E-state index < -0.39 is 42.4 Å². The van der Waals surface area contributed by atoms with Crippen LogP contribution in [-0.2, 0) is 6.18 Å². The molecule has 6 nitrogen and oxygen atoms in total. The molecule has 0 saturated heterocycles. The van der Waals surface area contributed by atoms with Gasteiger partial charge in [0.25, 0.3) is 11.8 Å². The van der Waals surface area contributed by atoms with Gasteiger partial charge in [0.05, 0.1) is 29.9 Å². The minimum atomic E-state index is -5.01. The largest absolute Gasteiger partial charge is 0.434 e. The Morgan fingerprint density at radius 2 is 1.89 bits per heavy atom. The Morgan fingerprint density at radius 3 is 2.41 bits per heavy atom. The molecule has 2 aromatic heterocycles. The smallest absolute Gasteiger partial charge is 0.346 e. The van der Waals surface area contributed by atoms with Crippen molar-refractivity contribution < 1.29 is 26.7 Å². The molecule has 14 heteroatoms. The van der Waals surface area contributed by atoms with Gasteiger partial charge in [-0.1, -0.05) is 11.6 Å². The molecule has 0 unspecified atom stereocenters. The zero-order valence-electron chi connectivity index (χ0n) is 13.1. The highest BCUT2D eigenvalue weighted by atomic mass is 35.5. The highest BCUT2D eigenvalue weighted by Crippen LogP contribution is 2.34. The average Bonchev–Trinajstić information content (AvgIpc) is 2.98. The maximum Gasteiger partial charge on any atom is 0.434 e. The molecule has 0 radical (unpaired) electrons. The van der Waals surface area contributed by atoms with Crippen LogP contribution in [0.4, 0.5) is 22.0 Å². The van der Waals surface area contributed by atoms with Crippen molar-refractivity contribution in [2.75, 3.05) is 13.1 Å². The van der Waals surface area contributed by atoms with Crippen LogP contribution in [0.5, 0.6) is 0 Å². The van der Waals surface area contributed by atoms with Gasteiger partial charge in [-0.3, -0.25) is 4.79 Å². The van der Waals surface area contributed by atoms with Gasteiger partial charge in [-0.15, -0.1) is 24.8 Å². The summed E-state index contributed by atoms with van der Waals surface area (Å²) >= 11 is 5.81. The first kappa shape index (κ1) is 25.3. The molecule has 1 amide bonds. The second kappa shape index (κ2) is 9.49. The number of nitrogens with one attached hydrogen (secondary N) is 1. The van der Waals surface area contributed by atoms with Crippen molar-refractivity contribution in [2.24, 2.45) is 5.73 Å². The zero-order valence-corrected chi connectivity index (χ0v) is 15.5. The predicted octanol–water partition coefficient (Wildman–Crippen LogP) is 3.11. The highest BCUT2D eigenvalue weighted by Gasteiger charge is 2.41. The Labute approximate surface area is 167 Å². The maximum atomic E-state index is 13.4. The predicted molar refractivity (Wildman–Crippen MR) is 92.2 cm³/mol. The van der Waals surface area contributed by atoms with E-state index in [9.17, 15) is 26.7 Å². The Hall–Kier alpha value is -1.69. The van der Waals surface area contributed by atoms with Crippen LogP contribution < -0.4 is 11.1 Å². The molecule has 0 atom stereocenters. The molecule has 0 saturated carbocycles. The lowest BCUT2D eigenvalue weighted by atomic mass is 10.2. The molecular formula is C13H13Cl3F5N5O. The van der Waals surface area contributed by atoms with Crippen molar-refractivity contribution >= 4 is 42.3 Å². The Kier molecular flexibility index (Phi) is 8.90. The van der Waals surface area contributed by atoms with E-state index in [0.717, 1.165) is 0 Å². The molecule has 2 aromatic rings. The standard InChI is InChI=1S/C13H11ClF5N5O.2ClH/c14-8-2-1-3-21-10(8)24-9(13(17,18)19)7(4-23-24)11(25)22-6-12(15,16)5-20;;/h1-4H,5-6,20H2,(H,22,25);2*1H. The number of hydrogen-bond acceptors (Lipinski definition) is 4. The third kappa shape index (κ3) is 5.89. The van der Waals surface area contributed by atoms with Crippen LogP contribution in [0.15, 0.2) is 24.5 Å². The molecule has 3 N–H and O–H groups in total. The molecule has 0 aliphatic carbocycles. The molecule has 0 spiro atoms. The number of carbonyl (C=O) groups excluding carboxylic acids is 1. The summed E-state index contributed by atoms with van der Waals surface area (Å²) < 4.78 is 66.6. The molecule has 152 valence electrons. The van der Waals surface area contributed by atoms with Crippen LogP contribution in [0.25, 0.3) is 5.82 Å². The molecule has 2 heterocycles. The maximum absolute atomic E-state index is 13.4. The van der Waals surface area contributed by atoms with E-state index in [2.05, 4.69) is 10.1 Å². The van der Waals surface area contributed by atoms with Gasteiger partial charge < -0.3 is 11.1 Å². The summed E-state index contributed by atoms with van der Waals surface area (Å²) in [5.41, 5.74) is 2.38. The first-order valence-electron chi connectivity index (χ1n) is 6.69. The van der Waals surface area contributed by atoms with E-state index in [0.29, 0.717) is 10.9 Å². The first-order valence-corrected chi connectivity index (χ1v) is 7.07. The number of aromatic nitrogens is 3. The number of pyridine rings is 1. The van der Waals surface area contributed by atoms with E-state index in [-0.39, 0.29) is 35.7 Å². The number of alkyl halides is 5. The Morgan fingerprint density at radius 1 is 1.26 bits per heavy atom. The SMILES string of the molecule is Cl.Cl.NCC(F)(F)CNC(=O)c1cnn(-c2ncccc2Cl)c1C(F)(F)F. The molecule has 0 aromatic carbocycles. The molecule has 0 aliphatic rings. The lowest BCUT2D eigenvalue weighted by Gasteiger charge is -2.15. The second-order valence-corrected chi connectivity index (χ2v) is 5.28. The average molecular weight is 457 g/mol. The van der Waals surface area contributed by atoms with Crippen molar-refractivity contribution in [3.8, 4) is 5.82 Å². The van der Waals surface area contributed by atoms with Crippen molar-refractivity contribution in [3.05, 3.63) is 40.8 Å². The summed E-state index contributed by atoms with van der Waals surface area (Å²) in [7, 11) is 0. The van der Waals surface area contributed by atoms with Crippen LogP contribution in [0.3, 0.4) is 0 Å². The van der Waals surface area contributed by atoms with Gasteiger partial charge >= 0.3 is 6.18 Å². The Bertz CT molecular complexity index is 784. The summed E-state index contributed by atoms with van der Waals surface area (Å²) in [6, 6.07) is 2.68. The van der Waals surface area contributed by atoms with Crippen LogP contribution in [0.2, 0.25) is 5.02 Å². The van der Waals surface area contributed by atoms with E-state index in [1.54, 1.807) is 5.32 Å². The molecular weight excluding hydrogens is 444 g/mol. The van der Waals surface area contributed by atoms with Gasteiger partial charge in [-0.25, -0.2) is 18.4 Å². The topological polar surface area (TPSA) is 85.8 Å². The van der Waals surface area contributed by atoms with E-state index in [4.69, 9.17) is 17.3 Å². The fourth-order valence-electron chi connectivity index (χ4n) is 1.86. The van der Waals surface area contributed by atoms with Crippen LogP contribution >= 0.6 is 36.4 Å². The quantitative estimate of drug-likeness (QED) is 0.677. The number of nitrogens with two attached hydrogens (primary N) is 1. The molecule has 0 bridgehead atoms. The second-order valence-electron chi connectivity index (χ2n) is 4.87. The number of carbonyl (C=O) groups is 1. The summed E-state index contributed by atoms with van der Waals surface area (Å²) in [5, 5.41) is 5.04. The van der Waals surface area contributed by atoms with Crippen LogP contribution in [0.1, 0.15) is 16.1 Å². The summed E-state index contributed by atoms with van der Waals surface area (Å²) in [6.45, 7) is -2.28. The number of nitrogens with zero attached hydrogens (tertiary/aromatic N) is 3. The molecule has 0 aliphatic heterocycles. The van der Waals surface area contributed by atoms with Crippen LogP contribution in [-0.4, -0.2) is 39.7 Å². The fourth-order valence-corrected chi connectivity index (χ4v) is 2.06. The van der Waals surface area contributed by atoms with Crippen LogP contribution in [0, 0.1) is 0 Å². The number of hydrogen-bond donors (Lipinski definition) is 2. The lowest BCUT2D eigenvalue weighted by molar-refractivity contribution is -0.143. The molecule has 27 heavy (non-hydrogen) atoms. The van der Waals surface area contributed by atoms with E-state index in [1.165, 1.54) is 18.3 Å². The van der Waals surface area contributed by atoms with E-state index in [1.807, 2.05) is 0 Å². The minimum Gasteiger partial charge on any atom is -0.346 e. The zero-order chi connectivity index (χ0) is 18.8. The van der Waals surface area contributed by atoms with Gasteiger partial charge in [-0.05, 0) is 12.1 Å². The van der Waals surface area contributed by atoms with Gasteiger partial charge in [0.2, 0.25) is 0 Å². The number of rotatable bonds is 5. The highest BCUT2D eigenvalue weighted by molar-refractivity contribution is 6.32. The summed E-state index contributed by atoms with van der Waals surface area (Å²) in [6.07, 6.45) is -3.23. The van der Waals surface area contributed by atoms with E-state index >= 15 is 0 Å². The van der Waals surface area contributed by atoms with Crippen molar-refractivity contribution in [3.63, 3.8) is 0 Å². The third-order valence-corrected chi connectivity index (χ3v) is 3.32. The fraction of sp³-hybridized carbons (Fsp3) is 0.308. The van der Waals surface area contributed by atoms with Gasteiger partial charge in [0.15, 0.2) is 11.5 Å². The van der Waals surface area contributed by atoms with Crippen molar-refractivity contribution in [1.82, 2.24) is 20.1 Å². The number of amides is 1. The van der Waals surface area contributed by atoms with Gasteiger partial charge in [-0.2, -0.15) is 18.3 Å². The first-order chi connectivity index (χ1) is 11.6. The summed E-state index contributed by atoms with van der Waals surface area (Å²) in [5.74, 6) is -5.18.